The van der Waals surface area contributed by atoms with Crippen LogP contribution in [0.15, 0.2) is 91.0 Å². The average molecular weight is 323 g/mol. The minimum Gasteiger partial charge on any atom is -0.344 e. The van der Waals surface area contributed by atoms with Crippen molar-refractivity contribution in [2.45, 2.75) is 6.92 Å². The van der Waals surface area contributed by atoms with Crippen LogP contribution in [0.25, 0.3) is 21.9 Å². The second kappa shape index (κ2) is 6.45. The first-order chi connectivity index (χ1) is 12.3. The lowest BCUT2D eigenvalue weighted by Crippen LogP contribution is -2.11. The van der Waals surface area contributed by atoms with Crippen LogP contribution in [0, 0.1) is 6.92 Å². The van der Waals surface area contributed by atoms with Crippen molar-refractivity contribution < 1.29 is 0 Å². The van der Waals surface area contributed by atoms with Gasteiger partial charge in [0.1, 0.15) is 0 Å². The maximum absolute atomic E-state index is 2.28. The number of nitrogens with zero attached hydrogens (tertiary/aromatic N) is 1. The van der Waals surface area contributed by atoms with E-state index in [1.807, 2.05) is 0 Å². The van der Waals surface area contributed by atoms with Crippen molar-refractivity contribution in [3.05, 3.63) is 96.6 Å². The predicted molar refractivity (Wildman–Crippen MR) is 109 cm³/mol. The molecule has 4 aromatic carbocycles. The van der Waals surface area contributed by atoms with Crippen molar-refractivity contribution >= 4 is 22.1 Å². The molecule has 0 N–H and O–H groups in total. The minimum absolute atomic E-state index is 1.23. The second-order valence-electron chi connectivity index (χ2n) is 6.39. The Balaban J connectivity index is 1.92. The van der Waals surface area contributed by atoms with Gasteiger partial charge in [-0.15, -0.1) is 0 Å². The van der Waals surface area contributed by atoms with Crippen LogP contribution < -0.4 is 4.90 Å². The van der Waals surface area contributed by atoms with Crippen LogP contribution in [0.3, 0.4) is 0 Å². The highest BCUT2D eigenvalue weighted by Crippen LogP contribution is 2.37. The zero-order valence-corrected chi connectivity index (χ0v) is 14.6. The van der Waals surface area contributed by atoms with Crippen LogP contribution in [-0.4, -0.2) is 7.05 Å². The van der Waals surface area contributed by atoms with Crippen molar-refractivity contribution in [3.63, 3.8) is 0 Å². The summed E-state index contributed by atoms with van der Waals surface area (Å²) >= 11 is 0. The van der Waals surface area contributed by atoms with Crippen molar-refractivity contribution in [1.29, 1.82) is 0 Å². The number of aryl methyl sites for hydroxylation is 1. The lowest BCUT2D eigenvalue weighted by molar-refractivity contribution is 1.20. The van der Waals surface area contributed by atoms with Crippen LogP contribution in [0.4, 0.5) is 11.4 Å². The van der Waals surface area contributed by atoms with Gasteiger partial charge < -0.3 is 4.90 Å². The Bertz CT molecular complexity index is 1020. The van der Waals surface area contributed by atoms with Crippen molar-refractivity contribution in [1.82, 2.24) is 0 Å². The molecule has 0 saturated carbocycles. The van der Waals surface area contributed by atoms with E-state index in [1.54, 1.807) is 0 Å². The summed E-state index contributed by atoms with van der Waals surface area (Å²) in [7, 11) is 2.15. The second-order valence-corrected chi connectivity index (χ2v) is 6.39. The van der Waals surface area contributed by atoms with Crippen molar-refractivity contribution in [2.75, 3.05) is 11.9 Å². The minimum atomic E-state index is 1.23. The molecule has 0 amide bonds. The fourth-order valence-corrected chi connectivity index (χ4v) is 3.51. The number of fused-ring (bicyclic) bond motifs is 1. The van der Waals surface area contributed by atoms with Gasteiger partial charge >= 0.3 is 0 Å². The quantitative estimate of drug-likeness (QED) is 0.411. The summed E-state index contributed by atoms with van der Waals surface area (Å²) in [6, 6.07) is 32.3. The van der Waals surface area contributed by atoms with E-state index in [9.17, 15) is 0 Å². The Morgan fingerprint density at radius 3 is 1.96 bits per heavy atom. The fraction of sp³-hybridized carbons (Fsp3) is 0.0833. The van der Waals surface area contributed by atoms with Gasteiger partial charge in [-0.1, -0.05) is 78.9 Å². The molecule has 0 spiro atoms. The Hall–Kier alpha value is -3.06. The van der Waals surface area contributed by atoms with Crippen LogP contribution >= 0.6 is 0 Å². The number of hydrogen-bond donors (Lipinski definition) is 0. The molecule has 0 bridgehead atoms. The Morgan fingerprint density at radius 2 is 1.20 bits per heavy atom. The predicted octanol–water partition coefficient (Wildman–Crippen LogP) is 6.58. The zero-order chi connectivity index (χ0) is 17.2. The highest BCUT2D eigenvalue weighted by atomic mass is 15.1. The summed E-state index contributed by atoms with van der Waals surface area (Å²) < 4.78 is 0. The highest BCUT2D eigenvalue weighted by molar-refractivity contribution is 6.04. The molecule has 4 aromatic rings. The van der Waals surface area contributed by atoms with E-state index in [0.717, 1.165) is 0 Å². The molecule has 0 heterocycles. The smallest absolute Gasteiger partial charge is 0.0488 e. The van der Waals surface area contributed by atoms with E-state index < -0.39 is 0 Å². The summed E-state index contributed by atoms with van der Waals surface area (Å²) in [6.45, 7) is 2.16. The molecule has 4 rings (SSSR count). The third kappa shape index (κ3) is 2.78. The Labute approximate surface area is 149 Å². The van der Waals surface area contributed by atoms with Crippen LogP contribution in [0.2, 0.25) is 0 Å². The molecule has 0 fully saturated rings. The number of para-hydroxylation sites is 1. The van der Waals surface area contributed by atoms with E-state index in [4.69, 9.17) is 0 Å². The Morgan fingerprint density at radius 1 is 0.560 bits per heavy atom. The summed E-state index contributed by atoms with van der Waals surface area (Å²) in [5, 5.41) is 2.56. The average Bonchev–Trinajstić information content (AvgIpc) is 2.68. The topological polar surface area (TPSA) is 3.24 Å². The fourth-order valence-electron chi connectivity index (χ4n) is 3.51. The normalized spacial score (nSPS) is 10.8. The molecule has 1 nitrogen and oxygen atoms in total. The molecule has 0 saturated heterocycles. The Kier molecular flexibility index (Phi) is 3.99. The largest absolute Gasteiger partial charge is 0.344 e. The molecule has 0 aliphatic heterocycles. The number of benzene rings is 4. The number of rotatable bonds is 3. The summed E-state index contributed by atoms with van der Waals surface area (Å²) in [4.78, 5) is 2.28. The molecular formula is C24H21N. The lowest BCUT2D eigenvalue weighted by atomic mass is 9.96. The SMILES string of the molecule is Cc1ccccc1N(C)c1ccc(-c2ccccc2)c2ccccc12. The molecule has 0 atom stereocenters. The summed E-state index contributed by atoms with van der Waals surface area (Å²) in [5.41, 5.74) is 6.27. The first kappa shape index (κ1) is 15.5. The molecule has 1 heteroatoms. The van der Waals surface area contributed by atoms with Gasteiger partial charge in [-0.25, -0.2) is 0 Å². The van der Waals surface area contributed by atoms with Gasteiger partial charge in [-0.2, -0.15) is 0 Å². The molecule has 25 heavy (non-hydrogen) atoms. The van der Waals surface area contributed by atoms with Crippen LogP contribution in [0.5, 0.6) is 0 Å². The van der Waals surface area contributed by atoms with E-state index in [-0.39, 0.29) is 0 Å². The van der Waals surface area contributed by atoms with Gasteiger partial charge in [0.15, 0.2) is 0 Å². The molecule has 0 aliphatic rings. The van der Waals surface area contributed by atoms with E-state index in [0.29, 0.717) is 0 Å². The molecular weight excluding hydrogens is 302 g/mol. The van der Waals surface area contributed by atoms with Gasteiger partial charge in [0.2, 0.25) is 0 Å². The number of hydrogen-bond acceptors (Lipinski definition) is 1. The first-order valence-corrected chi connectivity index (χ1v) is 8.62. The molecule has 0 aromatic heterocycles. The van der Waals surface area contributed by atoms with Crippen molar-refractivity contribution in [3.8, 4) is 11.1 Å². The maximum atomic E-state index is 2.28. The highest BCUT2D eigenvalue weighted by Gasteiger charge is 2.12. The third-order valence-electron chi connectivity index (χ3n) is 4.82. The lowest BCUT2D eigenvalue weighted by Gasteiger charge is -2.24. The van der Waals surface area contributed by atoms with Gasteiger partial charge in [0, 0.05) is 23.8 Å². The van der Waals surface area contributed by atoms with Crippen LogP contribution in [0.1, 0.15) is 5.56 Å². The maximum Gasteiger partial charge on any atom is 0.0488 e. The number of anilines is 2. The van der Waals surface area contributed by atoms with Gasteiger partial charge in [-0.3, -0.25) is 0 Å². The van der Waals surface area contributed by atoms with Gasteiger partial charge in [0.05, 0.1) is 0 Å². The summed E-state index contributed by atoms with van der Waals surface area (Å²) in [6.07, 6.45) is 0. The molecule has 0 aliphatic carbocycles. The standard InChI is InChI=1S/C24H21N/c1-18-10-6-9-15-23(18)25(2)24-17-16-20(19-11-4-3-5-12-19)21-13-7-8-14-22(21)24/h3-17H,1-2H3. The van der Waals surface area contributed by atoms with E-state index in [2.05, 4.69) is 110 Å². The van der Waals surface area contributed by atoms with E-state index >= 15 is 0 Å². The van der Waals surface area contributed by atoms with Gasteiger partial charge in [-0.05, 0) is 41.1 Å². The monoisotopic (exact) mass is 323 g/mol. The van der Waals surface area contributed by atoms with E-state index in [1.165, 1.54) is 38.8 Å². The third-order valence-corrected chi connectivity index (χ3v) is 4.82. The summed E-state index contributed by atoms with van der Waals surface area (Å²) in [5.74, 6) is 0. The van der Waals surface area contributed by atoms with Gasteiger partial charge in [0.25, 0.3) is 0 Å². The van der Waals surface area contributed by atoms with Crippen LogP contribution in [-0.2, 0) is 0 Å². The molecule has 122 valence electrons. The first-order valence-electron chi connectivity index (χ1n) is 8.62. The van der Waals surface area contributed by atoms with Crippen molar-refractivity contribution in [2.24, 2.45) is 0 Å². The molecule has 0 radical (unpaired) electrons. The zero-order valence-electron chi connectivity index (χ0n) is 14.6. The molecule has 0 unspecified atom stereocenters.